The third-order valence-electron chi connectivity index (χ3n) is 4.51. The fourth-order valence-corrected chi connectivity index (χ4v) is 4.55. The summed E-state index contributed by atoms with van der Waals surface area (Å²) in [6.07, 6.45) is 0. The molecule has 0 aliphatic carbocycles. The molecular weight excluding hydrogens is 428 g/mol. The summed E-state index contributed by atoms with van der Waals surface area (Å²) in [5.74, 6) is 0.661. The molecule has 2 N–H and O–H groups in total. The van der Waals surface area contributed by atoms with Gasteiger partial charge in [0.15, 0.2) is 0 Å². The second-order valence-electron chi connectivity index (χ2n) is 6.74. The minimum atomic E-state index is -3.83. The summed E-state index contributed by atoms with van der Waals surface area (Å²) in [6.45, 7) is 4.42. The Kier molecular flexibility index (Phi) is 7.72. The molecule has 0 atom stereocenters. The van der Waals surface area contributed by atoms with Crippen LogP contribution in [0.15, 0.2) is 82.6 Å². The molecule has 0 unspecified atom stereocenters. The number of benzene rings is 3. The minimum absolute atomic E-state index is 0.0390. The van der Waals surface area contributed by atoms with Gasteiger partial charge in [-0.25, -0.2) is 8.42 Å². The van der Waals surface area contributed by atoms with Crippen molar-refractivity contribution in [2.24, 2.45) is 0 Å². The van der Waals surface area contributed by atoms with Crippen molar-refractivity contribution in [3.8, 4) is 11.5 Å². The van der Waals surface area contributed by atoms with Gasteiger partial charge in [-0.3, -0.25) is 4.79 Å². The van der Waals surface area contributed by atoms with Gasteiger partial charge in [0.1, 0.15) is 11.5 Å². The summed E-state index contributed by atoms with van der Waals surface area (Å²) >= 11 is 0. The molecule has 0 fully saturated rings. The number of hydrogen-bond acceptors (Lipinski definition) is 6. The first kappa shape index (κ1) is 23.1. The number of nitrogens with one attached hydrogen (secondary N) is 2. The molecule has 3 aromatic rings. The summed E-state index contributed by atoms with van der Waals surface area (Å²) in [7, 11) is -3.83. The fourth-order valence-electron chi connectivity index (χ4n) is 3.08. The lowest BCUT2D eigenvalue weighted by Crippen LogP contribution is -2.23. The number of carbonyl (C=O) groups excluding carboxylic acids is 1. The second kappa shape index (κ2) is 10.7. The first-order valence-electron chi connectivity index (χ1n) is 10.3. The predicted molar refractivity (Wildman–Crippen MR) is 124 cm³/mol. The SMILES string of the molecule is CCOc1ccc(NCC(=O)Nc2ccccc2OCC)c(S(=O)(=O)c2ccccc2)c1. The van der Waals surface area contributed by atoms with E-state index in [0.29, 0.717) is 36.1 Å². The van der Waals surface area contributed by atoms with Crippen molar-refractivity contribution in [2.75, 3.05) is 30.4 Å². The number of hydrogen-bond donors (Lipinski definition) is 2. The van der Waals surface area contributed by atoms with Gasteiger partial charge < -0.3 is 20.1 Å². The van der Waals surface area contributed by atoms with Gasteiger partial charge in [-0.15, -0.1) is 0 Å². The quantitative estimate of drug-likeness (QED) is 0.473. The molecule has 0 heterocycles. The van der Waals surface area contributed by atoms with Crippen LogP contribution in [-0.4, -0.2) is 34.1 Å². The molecule has 1 amide bonds. The molecule has 0 aliphatic heterocycles. The fraction of sp³-hybridized carbons (Fsp3) is 0.208. The second-order valence-corrected chi connectivity index (χ2v) is 8.66. The van der Waals surface area contributed by atoms with Crippen LogP contribution in [0.5, 0.6) is 11.5 Å². The van der Waals surface area contributed by atoms with E-state index in [9.17, 15) is 13.2 Å². The summed E-state index contributed by atoms with van der Waals surface area (Å²) in [6, 6.07) is 20.0. The van der Waals surface area contributed by atoms with Gasteiger partial charge in [0.2, 0.25) is 15.7 Å². The highest BCUT2D eigenvalue weighted by molar-refractivity contribution is 7.91. The van der Waals surface area contributed by atoms with Crippen LogP contribution in [0.25, 0.3) is 0 Å². The Labute approximate surface area is 188 Å². The molecule has 0 saturated heterocycles. The normalized spacial score (nSPS) is 10.9. The largest absolute Gasteiger partial charge is 0.494 e. The first-order valence-corrected chi connectivity index (χ1v) is 11.8. The van der Waals surface area contributed by atoms with Gasteiger partial charge in [-0.05, 0) is 50.2 Å². The number of amides is 1. The number of rotatable bonds is 10. The highest BCUT2D eigenvalue weighted by atomic mass is 32.2. The molecule has 168 valence electrons. The minimum Gasteiger partial charge on any atom is -0.494 e. The molecule has 0 spiro atoms. The zero-order chi connectivity index (χ0) is 23.0. The average Bonchev–Trinajstić information content (AvgIpc) is 2.80. The summed E-state index contributed by atoms with van der Waals surface area (Å²) in [4.78, 5) is 12.7. The lowest BCUT2D eigenvalue weighted by Gasteiger charge is -2.15. The summed E-state index contributed by atoms with van der Waals surface area (Å²) in [5, 5.41) is 5.73. The molecule has 3 aromatic carbocycles. The lowest BCUT2D eigenvalue weighted by atomic mass is 10.2. The Bertz CT molecular complexity index is 1160. The Morgan fingerprint density at radius 1 is 0.844 bits per heavy atom. The molecule has 0 bridgehead atoms. The Morgan fingerprint density at radius 3 is 2.25 bits per heavy atom. The van der Waals surface area contributed by atoms with E-state index < -0.39 is 9.84 Å². The van der Waals surface area contributed by atoms with E-state index in [-0.39, 0.29) is 22.2 Å². The molecule has 0 aromatic heterocycles. The Hall–Kier alpha value is -3.52. The van der Waals surface area contributed by atoms with Crippen molar-refractivity contribution >= 4 is 27.1 Å². The van der Waals surface area contributed by atoms with E-state index in [1.807, 2.05) is 19.9 Å². The zero-order valence-corrected chi connectivity index (χ0v) is 18.8. The van der Waals surface area contributed by atoms with Crippen LogP contribution in [0.3, 0.4) is 0 Å². The van der Waals surface area contributed by atoms with Crippen molar-refractivity contribution in [2.45, 2.75) is 23.6 Å². The number of sulfone groups is 1. The van der Waals surface area contributed by atoms with Gasteiger partial charge in [0, 0.05) is 6.07 Å². The number of anilines is 2. The molecule has 3 rings (SSSR count). The highest BCUT2D eigenvalue weighted by Crippen LogP contribution is 2.31. The number of ether oxygens (including phenoxy) is 2. The Balaban J connectivity index is 1.83. The number of para-hydroxylation sites is 2. The molecular formula is C24H26N2O5S. The van der Waals surface area contributed by atoms with E-state index in [4.69, 9.17) is 9.47 Å². The van der Waals surface area contributed by atoms with Gasteiger partial charge >= 0.3 is 0 Å². The Morgan fingerprint density at radius 2 is 1.53 bits per heavy atom. The molecule has 8 heteroatoms. The van der Waals surface area contributed by atoms with Crippen molar-refractivity contribution < 1.29 is 22.7 Å². The first-order chi connectivity index (χ1) is 15.5. The maximum absolute atomic E-state index is 13.3. The molecule has 0 saturated carbocycles. The van der Waals surface area contributed by atoms with Gasteiger partial charge in [-0.2, -0.15) is 0 Å². The lowest BCUT2D eigenvalue weighted by molar-refractivity contribution is -0.114. The van der Waals surface area contributed by atoms with Gasteiger partial charge in [-0.1, -0.05) is 30.3 Å². The molecule has 0 aliphatic rings. The van der Waals surface area contributed by atoms with E-state index in [0.717, 1.165) is 0 Å². The van der Waals surface area contributed by atoms with Crippen LogP contribution in [0.1, 0.15) is 13.8 Å². The smallest absolute Gasteiger partial charge is 0.243 e. The predicted octanol–water partition coefficient (Wildman–Crippen LogP) is 4.37. The molecule has 7 nitrogen and oxygen atoms in total. The third kappa shape index (κ3) is 5.59. The van der Waals surface area contributed by atoms with Crippen LogP contribution in [-0.2, 0) is 14.6 Å². The number of carbonyl (C=O) groups is 1. The van der Waals surface area contributed by atoms with Crippen LogP contribution in [0.4, 0.5) is 11.4 Å². The van der Waals surface area contributed by atoms with Crippen molar-refractivity contribution in [1.82, 2.24) is 0 Å². The average molecular weight is 455 g/mol. The summed E-state index contributed by atoms with van der Waals surface area (Å²) < 4.78 is 37.5. The van der Waals surface area contributed by atoms with Gasteiger partial charge in [0.25, 0.3) is 0 Å². The molecule has 0 radical (unpaired) electrons. The maximum atomic E-state index is 13.3. The van der Waals surface area contributed by atoms with E-state index in [2.05, 4.69) is 10.6 Å². The van der Waals surface area contributed by atoms with Gasteiger partial charge in [0.05, 0.1) is 40.9 Å². The van der Waals surface area contributed by atoms with Crippen LogP contribution < -0.4 is 20.1 Å². The monoisotopic (exact) mass is 454 g/mol. The van der Waals surface area contributed by atoms with Crippen LogP contribution in [0.2, 0.25) is 0 Å². The van der Waals surface area contributed by atoms with Crippen molar-refractivity contribution in [1.29, 1.82) is 0 Å². The topological polar surface area (TPSA) is 93.7 Å². The maximum Gasteiger partial charge on any atom is 0.243 e. The highest BCUT2D eigenvalue weighted by Gasteiger charge is 2.22. The van der Waals surface area contributed by atoms with Crippen LogP contribution in [0, 0.1) is 0 Å². The third-order valence-corrected chi connectivity index (χ3v) is 6.32. The summed E-state index contributed by atoms with van der Waals surface area (Å²) in [5.41, 5.74) is 0.857. The van der Waals surface area contributed by atoms with E-state index in [1.54, 1.807) is 48.5 Å². The van der Waals surface area contributed by atoms with Crippen molar-refractivity contribution in [3.05, 3.63) is 72.8 Å². The van der Waals surface area contributed by atoms with E-state index in [1.165, 1.54) is 18.2 Å². The van der Waals surface area contributed by atoms with E-state index >= 15 is 0 Å². The van der Waals surface area contributed by atoms with Crippen LogP contribution >= 0.6 is 0 Å². The van der Waals surface area contributed by atoms with Crippen molar-refractivity contribution in [3.63, 3.8) is 0 Å². The molecule has 32 heavy (non-hydrogen) atoms. The zero-order valence-electron chi connectivity index (χ0n) is 18.0. The standard InChI is InChI=1S/C24H26N2O5S/c1-3-30-18-14-15-21(23(16-18)32(28,29)19-10-6-5-7-11-19)25-17-24(27)26-20-12-8-9-13-22(20)31-4-2/h5-16,25H,3-4,17H2,1-2H3,(H,26,27).